The van der Waals surface area contributed by atoms with Gasteiger partial charge in [-0.25, -0.2) is 0 Å². The minimum absolute atomic E-state index is 0.243. The molecule has 0 aliphatic carbocycles. The van der Waals surface area contributed by atoms with Crippen molar-refractivity contribution in [3.05, 3.63) is 17.7 Å². The van der Waals surface area contributed by atoms with Gasteiger partial charge in [-0.3, -0.25) is 0 Å². The molecule has 1 aromatic rings. The summed E-state index contributed by atoms with van der Waals surface area (Å²) < 4.78 is 10.0. The van der Waals surface area contributed by atoms with Crippen molar-refractivity contribution in [3.8, 4) is 11.8 Å². The van der Waals surface area contributed by atoms with Crippen LogP contribution in [0.5, 0.6) is 11.8 Å². The molecule has 0 aromatic carbocycles. The Morgan fingerprint density at radius 3 is 2.53 bits per heavy atom. The van der Waals surface area contributed by atoms with Crippen LogP contribution in [0.3, 0.4) is 0 Å². The van der Waals surface area contributed by atoms with E-state index < -0.39 is 12.2 Å². The van der Waals surface area contributed by atoms with E-state index in [1.807, 2.05) is 0 Å². The highest BCUT2D eigenvalue weighted by Crippen LogP contribution is 2.27. The van der Waals surface area contributed by atoms with Crippen molar-refractivity contribution in [1.82, 2.24) is 10.3 Å². The second kappa shape index (κ2) is 6.39. The zero-order valence-electron chi connectivity index (χ0n) is 10.2. The lowest BCUT2D eigenvalue weighted by molar-refractivity contribution is 0.0184. The highest BCUT2D eigenvalue weighted by Gasteiger charge is 2.22. The molecule has 0 saturated carbocycles. The average Bonchev–Trinajstić information content (AvgIpc) is 2.37. The maximum absolute atomic E-state index is 9.94. The third kappa shape index (κ3) is 3.29. The second-order valence-electron chi connectivity index (χ2n) is 3.52. The number of hydrogen-bond acceptors (Lipinski definition) is 6. The van der Waals surface area contributed by atoms with E-state index in [2.05, 4.69) is 10.3 Å². The molecule has 0 aliphatic rings. The SMILES string of the molecule is CNCC(O)C(O)c1ccc(OC)nc1OC. The van der Waals surface area contributed by atoms with Crippen molar-refractivity contribution in [2.24, 2.45) is 0 Å². The number of nitrogens with zero attached hydrogens (tertiary/aromatic N) is 1. The van der Waals surface area contributed by atoms with E-state index in [0.717, 1.165) is 0 Å². The molecule has 0 saturated heterocycles. The van der Waals surface area contributed by atoms with Gasteiger partial charge in [0.05, 0.1) is 20.3 Å². The number of aliphatic hydroxyl groups excluding tert-OH is 2. The second-order valence-corrected chi connectivity index (χ2v) is 3.52. The standard InChI is InChI=1S/C11H18N2O4/c1-12-6-8(14)10(15)7-4-5-9(16-2)13-11(7)17-3/h4-5,8,10,12,14-15H,6H2,1-3H3. The van der Waals surface area contributed by atoms with Crippen LogP contribution < -0.4 is 14.8 Å². The average molecular weight is 242 g/mol. The smallest absolute Gasteiger partial charge is 0.222 e. The van der Waals surface area contributed by atoms with Crippen LogP contribution in [0.1, 0.15) is 11.7 Å². The van der Waals surface area contributed by atoms with Gasteiger partial charge >= 0.3 is 0 Å². The Kier molecular flexibility index (Phi) is 5.14. The molecule has 0 amide bonds. The summed E-state index contributed by atoms with van der Waals surface area (Å²) in [6, 6.07) is 3.22. The molecule has 6 heteroatoms. The van der Waals surface area contributed by atoms with E-state index in [4.69, 9.17) is 9.47 Å². The van der Waals surface area contributed by atoms with Gasteiger partial charge < -0.3 is 25.0 Å². The molecule has 0 spiro atoms. The van der Waals surface area contributed by atoms with Crippen molar-refractivity contribution >= 4 is 0 Å². The van der Waals surface area contributed by atoms with Gasteiger partial charge in [-0.05, 0) is 13.1 Å². The molecule has 96 valence electrons. The summed E-state index contributed by atoms with van der Waals surface area (Å²) in [5.74, 6) is 0.632. The van der Waals surface area contributed by atoms with E-state index in [-0.39, 0.29) is 12.4 Å². The third-order valence-electron chi connectivity index (χ3n) is 2.36. The lowest BCUT2D eigenvalue weighted by Gasteiger charge is -2.19. The quantitative estimate of drug-likeness (QED) is 0.636. The monoisotopic (exact) mass is 242 g/mol. The van der Waals surface area contributed by atoms with Crippen LogP contribution in [0.2, 0.25) is 0 Å². The van der Waals surface area contributed by atoms with E-state index in [1.54, 1.807) is 19.2 Å². The van der Waals surface area contributed by atoms with Gasteiger partial charge in [0.2, 0.25) is 11.8 Å². The van der Waals surface area contributed by atoms with Crippen LogP contribution in [0.25, 0.3) is 0 Å². The highest BCUT2D eigenvalue weighted by molar-refractivity contribution is 5.33. The number of rotatable bonds is 6. The molecular weight excluding hydrogens is 224 g/mol. The predicted octanol–water partition coefficient (Wildman–Crippen LogP) is -0.288. The van der Waals surface area contributed by atoms with E-state index in [9.17, 15) is 10.2 Å². The van der Waals surface area contributed by atoms with Crippen LogP contribution in [-0.4, -0.2) is 49.1 Å². The van der Waals surface area contributed by atoms with Gasteiger partial charge in [-0.2, -0.15) is 4.98 Å². The maximum atomic E-state index is 9.94. The normalized spacial score (nSPS) is 14.2. The van der Waals surface area contributed by atoms with Crippen LogP contribution in [0.15, 0.2) is 12.1 Å². The summed E-state index contributed by atoms with van der Waals surface area (Å²) in [5.41, 5.74) is 0.427. The van der Waals surface area contributed by atoms with Crippen LogP contribution in [-0.2, 0) is 0 Å². The molecule has 3 N–H and O–H groups in total. The topological polar surface area (TPSA) is 83.8 Å². The first-order chi connectivity index (χ1) is 8.13. The molecular formula is C11H18N2O4. The van der Waals surface area contributed by atoms with Gasteiger partial charge in [0.1, 0.15) is 6.10 Å². The summed E-state index contributed by atoms with van der Waals surface area (Å²) in [6.45, 7) is 0.274. The molecule has 17 heavy (non-hydrogen) atoms. The first-order valence-electron chi connectivity index (χ1n) is 5.23. The van der Waals surface area contributed by atoms with E-state index >= 15 is 0 Å². The molecule has 0 fully saturated rings. The van der Waals surface area contributed by atoms with Crippen molar-refractivity contribution in [3.63, 3.8) is 0 Å². The molecule has 2 atom stereocenters. The molecule has 2 unspecified atom stereocenters. The predicted molar refractivity (Wildman–Crippen MR) is 62.2 cm³/mol. The first-order valence-corrected chi connectivity index (χ1v) is 5.23. The summed E-state index contributed by atoms with van der Waals surface area (Å²) in [4.78, 5) is 4.04. The van der Waals surface area contributed by atoms with Crippen LogP contribution >= 0.6 is 0 Å². The summed E-state index contributed by atoms with van der Waals surface area (Å²) in [6.07, 6.45) is -1.99. The van der Waals surface area contributed by atoms with Gasteiger partial charge in [-0.15, -0.1) is 0 Å². The van der Waals surface area contributed by atoms with Gasteiger partial charge in [0, 0.05) is 18.2 Å². The number of likely N-dealkylation sites (N-methyl/N-ethyl adjacent to an activating group) is 1. The maximum Gasteiger partial charge on any atom is 0.222 e. The fourth-order valence-corrected chi connectivity index (χ4v) is 1.46. The Morgan fingerprint density at radius 1 is 1.29 bits per heavy atom. The minimum atomic E-state index is -1.06. The Bertz CT molecular complexity index is 359. The van der Waals surface area contributed by atoms with Crippen LogP contribution in [0, 0.1) is 0 Å². The Morgan fingerprint density at radius 2 is 2.00 bits per heavy atom. The summed E-state index contributed by atoms with van der Waals surface area (Å²) >= 11 is 0. The third-order valence-corrected chi connectivity index (χ3v) is 2.36. The number of hydrogen-bond donors (Lipinski definition) is 3. The van der Waals surface area contributed by atoms with Gasteiger partial charge in [0.25, 0.3) is 0 Å². The number of aliphatic hydroxyl groups is 2. The number of aromatic nitrogens is 1. The highest BCUT2D eigenvalue weighted by atomic mass is 16.5. The molecule has 0 radical (unpaired) electrons. The summed E-state index contributed by atoms with van der Waals surface area (Å²) in [7, 11) is 4.63. The number of methoxy groups -OCH3 is 2. The van der Waals surface area contributed by atoms with Crippen molar-refractivity contribution in [1.29, 1.82) is 0 Å². The fourth-order valence-electron chi connectivity index (χ4n) is 1.46. The first kappa shape index (κ1) is 13.7. The van der Waals surface area contributed by atoms with Gasteiger partial charge in [-0.1, -0.05) is 0 Å². The van der Waals surface area contributed by atoms with E-state index in [1.165, 1.54) is 14.2 Å². The van der Waals surface area contributed by atoms with Gasteiger partial charge in [0.15, 0.2) is 0 Å². The molecule has 0 bridgehead atoms. The molecule has 1 heterocycles. The van der Waals surface area contributed by atoms with Crippen molar-refractivity contribution in [2.45, 2.75) is 12.2 Å². The van der Waals surface area contributed by atoms with E-state index in [0.29, 0.717) is 11.4 Å². The largest absolute Gasteiger partial charge is 0.481 e. The minimum Gasteiger partial charge on any atom is -0.481 e. The molecule has 6 nitrogen and oxygen atoms in total. The fraction of sp³-hybridized carbons (Fsp3) is 0.545. The molecule has 0 aliphatic heterocycles. The number of pyridine rings is 1. The number of ether oxygens (including phenoxy) is 2. The molecule has 1 aromatic heterocycles. The van der Waals surface area contributed by atoms with Crippen LogP contribution in [0.4, 0.5) is 0 Å². The summed E-state index contributed by atoms with van der Waals surface area (Å²) in [5, 5.41) is 22.4. The van der Waals surface area contributed by atoms with Crippen molar-refractivity contribution in [2.75, 3.05) is 27.8 Å². The Hall–Kier alpha value is -1.37. The Labute approximate surface area is 100 Å². The Balaban J connectivity index is 2.96. The zero-order valence-corrected chi connectivity index (χ0v) is 10.2. The number of nitrogens with one attached hydrogen (secondary N) is 1. The molecule has 1 rings (SSSR count). The zero-order chi connectivity index (χ0) is 12.8. The lowest BCUT2D eigenvalue weighted by Crippen LogP contribution is -2.29. The lowest BCUT2D eigenvalue weighted by atomic mass is 10.1. The van der Waals surface area contributed by atoms with Crippen molar-refractivity contribution < 1.29 is 19.7 Å².